The third-order valence-electron chi connectivity index (χ3n) is 4.68. The second kappa shape index (κ2) is 10.8. The van der Waals surface area contributed by atoms with E-state index >= 15 is 0 Å². The van der Waals surface area contributed by atoms with Gasteiger partial charge in [0.2, 0.25) is 0 Å². The van der Waals surface area contributed by atoms with Crippen LogP contribution in [0.1, 0.15) is 81.1 Å². The minimum atomic E-state index is -0.443. The summed E-state index contributed by atoms with van der Waals surface area (Å²) in [6.07, 6.45) is 4.32. The van der Waals surface area contributed by atoms with Crippen LogP contribution in [-0.4, -0.2) is 36.1 Å². The van der Waals surface area contributed by atoms with Crippen LogP contribution < -0.4 is 0 Å². The third-order valence-corrected chi connectivity index (χ3v) is 4.68. The number of hydrogen-bond donors (Lipinski definition) is 2. The maximum atomic E-state index is 9.22. The molecule has 0 bridgehead atoms. The van der Waals surface area contributed by atoms with Gasteiger partial charge in [0.05, 0.1) is 19.8 Å². The minimum absolute atomic E-state index is 0.114. The monoisotopic (exact) mass is 344 g/mol. The summed E-state index contributed by atoms with van der Waals surface area (Å²) in [7, 11) is 0. The van der Waals surface area contributed by atoms with Crippen molar-refractivity contribution in [2.45, 2.75) is 87.2 Å². The van der Waals surface area contributed by atoms with Gasteiger partial charge in [-0.1, -0.05) is 61.8 Å². The topological polar surface area (TPSA) is 49.7 Å². The summed E-state index contributed by atoms with van der Waals surface area (Å²) in [6.45, 7) is 18.8. The number of ether oxygens (including phenoxy) is 1. The molecule has 3 heteroatoms. The molecule has 0 fully saturated rings. The Morgan fingerprint density at radius 1 is 0.792 bits per heavy atom. The highest BCUT2D eigenvalue weighted by Crippen LogP contribution is 2.33. The average molecular weight is 345 g/mol. The van der Waals surface area contributed by atoms with Gasteiger partial charge < -0.3 is 14.9 Å². The Bertz CT molecular complexity index is 310. The molecule has 0 aromatic heterocycles. The van der Waals surface area contributed by atoms with E-state index in [-0.39, 0.29) is 13.2 Å². The lowest BCUT2D eigenvalue weighted by Crippen LogP contribution is -2.29. The smallest absolute Gasteiger partial charge is 0.104 e. The van der Waals surface area contributed by atoms with Crippen molar-refractivity contribution in [3.63, 3.8) is 0 Å². The van der Waals surface area contributed by atoms with Crippen LogP contribution in [0, 0.1) is 28.6 Å². The van der Waals surface area contributed by atoms with Gasteiger partial charge in [-0.3, -0.25) is 0 Å². The van der Waals surface area contributed by atoms with Crippen molar-refractivity contribution in [3.05, 3.63) is 0 Å². The fraction of sp³-hybridized carbons (Fsp3) is 1.00. The van der Waals surface area contributed by atoms with E-state index in [0.29, 0.717) is 35.2 Å². The van der Waals surface area contributed by atoms with E-state index in [1.54, 1.807) is 0 Å². The van der Waals surface area contributed by atoms with Crippen LogP contribution in [0.2, 0.25) is 0 Å². The normalized spacial score (nSPS) is 17.1. The molecule has 0 saturated carbocycles. The molecule has 0 heterocycles. The van der Waals surface area contributed by atoms with Gasteiger partial charge in [-0.05, 0) is 47.8 Å². The fourth-order valence-corrected chi connectivity index (χ4v) is 3.73. The van der Waals surface area contributed by atoms with Gasteiger partial charge in [-0.15, -0.1) is 0 Å². The van der Waals surface area contributed by atoms with Gasteiger partial charge in [0.1, 0.15) is 6.10 Å². The molecule has 0 aliphatic rings. The van der Waals surface area contributed by atoms with Crippen molar-refractivity contribution in [1.82, 2.24) is 0 Å². The molecule has 0 aromatic carbocycles. The predicted octanol–water partition coefficient (Wildman–Crippen LogP) is 4.90. The van der Waals surface area contributed by atoms with Gasteiger partial charge in [-0.25, -0.2) is 0 Å². The molecule has 0 amide bonds. The summed E-state index contributed by atoms with van der Waals surface area (Å²) in [5.74, 6) is 1.76. The standard InChI is InChI=1S/C21H44O3/c1-16(11-20(3,4)5)9-10-18(15-24-19(13-22)14-23)17(2)12-21(6,7)8/h16-19,22-23H,9-15H2,1-8H3. The molecule has 3 atom stereocenters. The SMILES string of the molecule is CC(CCC(COC(CO)CO)C(C)CC(C)(C)C)CC(C)(C)C. The lowest BCUT2D eigenvalue weighted by atomic mass is 9.76. The molecule has 0 aliphatic heterocycles. The third kappa shape index (κ3) is 12.3. The zero-order valence-corrected chi connectivity index (χ0v) is 17.6. The van der Waals surface area contributed by atoms with E-state index in [9.17, 15) is 10.2 Å². The zero-order chi connectivity index (χ0) is 19.0. The van der Waals surface area contributed by atoms with Crippen molar-refractivity contribution >= 4 is 0 Å². The Morgan fingerprint density at radius 3 is 1.71 bits per heavy atom. The van der Waals surface area contributed by atoms with Crippen LogP contribution in [0.4, 0.5) is 0 Å². The summed E-state index contributed by atoms with van der Waals surface area (Å²) in [4.78, 5) is 0. The zero-order valence-electron chi connectivity index (χ0n) is 17.6. The molecule has 0 radical (unpaired) electrons. The molecule has 24 heavy (non-hydrogen) atoms. The van der Waals surface area contributed by atoms with Gasteiger partial charge in [0.15, 0.2) is 0 Å². The van der Waals surface area contributed by atoms with Gasteiger partial charge in [0.25, 0.3) is 0 Å². The maximum Gasteiger partial charge on any atom is 0.104 e. The summed E-state index contributed by atoms with van der Waals surface area (Å²) in [5.41, 5.74) is 0.684. The van der Waals surface area contributed by atoms with Crippen molar-refractivity contribution in [2.75, 3.05) is 19.8 Å². The highest BCUT2D eigenvalue weighted by molar-refractivity contribution is 4.75. The second-order valence-corrected chi connectivity index (χ2v) is 10.3. The van der Waals surface area contributed by atoms with Gasteiger partial charge >= 0.3 is 0 Å². The van der Waals surface area contributed by atoms with E-state index < -0.39 is 6.10 Å². The van der Waals surface area contributed by atoms with Crippen LogP contribution in [0.3, 0.4) is 0 Å². The van der Waals surface area contributed by atoms with Crippen LogP contribution in [0.5, 0.6) is 0 Å². The van der Waals surface area contributed by atoms with Crippen LogP contribution in [-0.2, 0) is 4.74 Å². The number of aliphatic hydroxyl groups excluding tert-OH is 2. The number of hydrogen-bond acceptors (Lipinski definition) is 3. The Morgan fingerprint density at radius 2 is 1.29 bits per heavy atom. The molecule has 2 N–H and O–H groups in total. The highest BCUT2D eigenvalue weighted by atomic mass is 16.5. The van der Waals surface area contributed by atoms with E-state index in [4.69, 9.17) is 4.74 Å². The molecule has 0 spiro atoms. The Hall–Kier alpha value is -0.120. The van der Waals surface area contributed by atoms with Crippen LogP contribution in [0.15, 0.2) is 0 Å². The molecular weight excluding hydrogens is 300 g/mol. The Kier molecular flexibility index (Phi) is 10.7. The first kappa shape index (κ1) is 23.9. The predicted molar refractivity (Wildman–Crippen MR) is 103 cm³/mol. The summed E-state index contributed by atoms with van der Waals surface area (Å²) in [6, 6.07) is 0. The molecule has 0 saturated heterocycles. The lowest BCUT2D eigenvalue weighted by molar-refractivity contribution is -0.0440. The minimum Gasteiger partial charge on any atom is -0.394 e. The molecule has 0 aliphatic carbocycles. The molecule has 3 unspecified atom stereocenters. The molecule has 3 nitrogen and oxygen atoms in total. The Balaban J connectivity index is 4.67. The van der Waals surface area contributed by atoms with E-state index in [1.165, 1.54) is 12.8 Å². The summed E-state index contributed by atoms with van der Waals surface area (Å²) < 4.78 is 5.77. The quantitative estimate of drug-likeness (QED) is 0.560. The number of aliphatic hydroxyl groups is 2. The van der Waals surface area contributed by atoms with E-state index in [0.717, 1.165) is 12.8 Å². The molecule has 146 valence electrons. The largest absolute Gasteiger partial charge is 0.394 e. The van der Waals surface area contributed by atoms with Crippen LogP contribution >= 0.6 is 0 Å². The van der Waals surface area contributed by atoms with Gasteiger partial charge in [0, 0.05) is 0 Å². The summed E-state index contributed by atoms with van der Waals surface area (Å²) >= 11 is 0. The number of rotatable bonds is 11. The van der Waals surface area contributed by atoms with E-state index in [1.807, 2.05) is 0 Å². The molecular formula is C21H44O3. The molecule has 0 aromatic rings. The van der Waals surface area contributed by atoms with Crippen molar-refractivity contribution in [3.8, 4) is 0 Å². The summed E-state index contributed by atoms with van der Waals surface area (Å²) in [5, 5.41) is 18.4. The van der Waals surface area contributed by atoms with Gasteiger partial charge in [-0.2, -0.15) is 0 Å². The average Bonchev–Trinajstić information content (AvgIpc) is 2.38. The van der Waals surface area contributed by atoms with Crippen molar-refractivity contribution in [1.29, 1.82) is 0 Å². The highest BCUT2D eigenvalue weighted by Gasteiger charge is 2.25. The van der Waals surface area contributed by atoms with E-state index in [2.05, 4.69) is 55.4 Å². The van der Waals surface area contributed by atoms with Crippen molar-refractivity contribution < 1.29 is 14.9 Å². The second-order valence-electron chi connectivity index (χ2n) is 10.3. The van der Waals surface area contributed by atoms with Crippen LogP contribution in [0.25, 0.3) is 0 Å². The first-order chi connectivity index (χ1) is 10.9. The maximum absolute atomic E-state index is 9.22. The first-order valence-electron chi connectivity index (χ1n) is 9.71. The van der Waals surface area contributed by atoms with Crippen molar-refractivity contribution in [2.24, 2.45) is 28.6 Å². The fourth-order valence-electron chi connectivity index (χ4n) is 3.73. The Labute approximate surface area is 151 Å². The lowest BCUT2D eigenvalue weighted by Gasteiger charge is -2.32. The first-order valence-corrected chi connectivity index (χ1v) is 9.71. The molecule has 0 rings (SSSR count).